The van der Waals surface area contributed by atoms with Gasteiger partial charge < -0.3 is 10.1 Å². The second-order valence-corrected chi connectivity index (χ2v) is 6.75. The third kappa shape index (κ3) is 3.75. The van der Waals surface area contributed by atoms with Crippen molar-refractivity contribution in [3.63, 3.8) is 0 Å². The first-order valence-electron chi connectivity index (χ1n) is 9.15. The molecule has 0 bridgehead atoms. The summed E-state index contributed by atoms with van der Waals surface area (Å²) >= 11 is 0. The highest BCUT2D eigenvalue weighted by Crippen LogP contribution is 2.23. The van der Waals surface area contributed by atoms with E-state index >= 15 is 0 Å². The molecule has 6 nitrogen and oxygen atoms in total. The molecule has 1 saturated carbocycles. The first-order valence-corrected chi connectivity index (χ1v) is 9.15. The Balaban J connectivity index is 1.45. The number of amides is 1. The molecule has 1 amide bonds. The third-order valence-corrected chi connectivity index (χ3v) is 4.93. The van der Waals surface area contributed by atoms with Gasteiger partial charge in [-0.25, -0.2) is 4.98 Å². The van der Waals surface area contributed by atoms with Crippen molar-refractivity contribution < 1.29 is 9.53 Å². The van der Waals surface area contributed by atoms with E-state index in [1.807, 2.05) is 30.3 Å². The monoisotopic (exact) mass is 363 g/mol. The lowest BCUT2D eigenvalue weighted by atomic mass is 10.2. The van der Waals surface area contributed by atoms with Crippen LogP contribution in [0.5, 0.6) is 0 Å². The number of nitrogens with zero attached hydrogens (tertiary/aromatic N) is 2. The van der Waals surface area contributed by atoms with Gasteiger partial charge in [0.15, 0.2) is 0 Å². The number of carbonyl (C=O) groups is 1. The minimum atomic E-state index is -0.397. The number of aromatic nitrogens is 2. The molecule has 2 aromatic heterocycles. The lowest BCUT2D eigenvalue weighted by molar-refractivity contribution is 0.0272. The van der Waals surface area contributed by atoms with Crippen molar-refractivity contribution >= 4 is 11.6 Å². The number of hydrogen-bond donors (Lipinski definition) is 1. The van der Waals surface area contributed by atoms with Gasteiger partial charge in [-0.1, -0.05) is 36.4 Å². The fourth-order valence-electron chi connectivity index (χ4n) is 3.50. The van der Waals surface area contributed by atoms with Crippen molar-refractivity contribution in [2.75, 3.05) is 0 Å². The predicted molar refractivity (Wildman–Crippen MR) is 102 cm³/mol. The maximum absolute atomic E-state index is 12.7. The minimum Gasteiger partial charge on any atom is -0.371 e. The summed E-state index contributed by atoms with van der Waals surface area (Å²) in [6, 6.07) is 15.1. The molecule has 1 N–H and O–H groups in total. The lowest BCUT2D eigenvalue weighted by Gasteiger charge is -2.21. The van der Waals surface area contributed by atoms with E-state index in [1.54, 1.807) is 24.4 Å². The molecule has 0 aliphatic heterocycles. The van der Waals surface area contributed by atoms with Crippen molar-refractivity contribution in [1.29, 1.82) is 0 Å². The standard InChI is InChI=1S/C21H21N3O3/c25-20(16-13-22-19-11-4-5-12-24(19)21(16)26)23-17-9-6-10-18(17)27-14-15-7-2-1-3-8-15/h1-5,7-8,11-13,17-18H,6,9-10,14H2,(H,23,25)/t17-,18-/m1/s1. The fraction of sp³-hybridized carbons (Fsp3) is 0.286. The molecule has 2 atom stereocenters. The summed E-state index contributed by atoms with van der Waals surface area (Å²) in [6.07, 6.45) is 5.63. The van der Waals surface area contributed by atoms with Crippen LogP contribution in [0, 0.1) is 0 Å². The number of ether oxygens (including phenoxy) is 1. The van der Waals surface area contributed by atoms with Crippen molar-refractivity contribution in [2.45, 2.75) is 38.0 Å². The average molecular weight is 363 g/mol. The van der Waals surface area contributed by atoms with Crippen molar-refractivity contribution in [3.05, 3.63) is 82.4 Å². The van der Waals surface area contributed by atoms with Gasteiger partial charge in [0.1, 0.15) is 11.2 Å². The molecule has 1 fully saturated rings. The molecular weight excluding hydrogens is 342 g/mol. The smallest absolute Gasteiger partial charge is 0.270 e. The summed E-state index contributed by atoms with van der Waals surface area (Å²) in [5.41, 5.74) is 1.31. The average Bonchev–Trinajstić information content (AvgIpc) is 3.14. The SMILES string of the molecule is O=C(N[C@@H]1CCC[C@H]1OCc1ccccc1)c1cnc2ccccn2c1=O. The van der Waals surface area contributed by atoms with E-state index in [4.69, 9.17) is 4.74 Å². The number of nitrogens with one attached hydrogen (secondary N) is 1. The van der Waals surface area contributed by atoms with Crippen molar-refractivity contribution in [2.24, 2.45) is 0 Å². The molecular formula is C21H21N3O3. The van der Waals surface area contributed by atoms with Gasteiger partial charge in [0.25, 0.3) is 11.5 Å². The van der Waals surface area contributed by atoms with Crippen LogP contribution in [0.25, 0.3) is 5.65 Å². The van der Waals surface area contributed by atoms with E-state index in [0.29, 0.717) is 12.3 Å². The van der Waals surface area contributed by atoms with Gasteiger partial charge in [0, 0.05) is 12.4 Å². The van der Waals surface area contributed by atoms with Crippen LogP contribution in [0.1, 0.15) is 35.2 Å². The van der Waals surface area contributed by atoms with Crippen LogP contribution in [-0.4, -0.2) is 27.4 Å². The Kier molecular flexibility index (Phi) is 4.98. The van der Waals surface area contributed by atoms with E-state index in [2.05, 4.69) is 10.3 Å². The highest BCUT2D eigenvalue weighted by Gasteiger charge is 2.30. The number of pyridine rings is 1. The molecule has 1 aromatic carbocycles. The number of benzene rings is 1. The van der Waals surface area contributed by atoms with Crippen LogP contribution in [0.4, 0.5) is 0 Å². The van der Waals surface area contributed by atoms with Gasteiger partial charge in [0.05, 0.1) is 18.8 Å². The van der Waals surface area contributed by atoms with E-state index < -0.39 is 5.91 Å². The molecule has 0 unspecified atom stereocenters. The molecule has 0 spiro atoms. The van der Waals surface area contributed by atoms with Gasteiger partial charge >= 0.3 is 0 Å². The molecule has 1 aliphatic rings. The number of carbonyl (C=O) groups excluding carboxylic acids is 1. The Morgan fingerprint density at radius 3 is 2.81 bits per heavy atom. The first kappa shape index (κ1) is 17.4. The van der Waals surface area contributed by atoms with Gasteiger partial charge in [-0.2, -0.15) is 0 Å². The molecule has 1 aliphatic carbocycles. The summed E-state index contributed by atoms with van der Waals surface area (Å²) < 4.78 is 7.41. The van der Waals surface area contributed by atoms with Gasteiger partial charge in [-0.15, -0.1) is 0 Å². The zero-order chi connectivity index (χ0) is 18.6. The van der Waals surface area contributed by atoms with Crippen LogP contribution >= 0.6 is 0 Å². The quantitative estimate of drug-likeness (QED) is 0.756. The Morgan fingerprint density at radius 2 is 1.96 bits per heavy atom. The van der Waals surface area contributed by atoms with Gasteiger partial charge in [-0.05, 0) is 37.0 Å². The Morgan fingerprint density at radius 1 is 1.15 bits per heavy atom. The maximum atomic E-state index is 12.7. The van der Waals surface area contributed by atoms with E-state index in [9.17, 15) is 9.59 Å². The summed E-state index contributed by atoms with van der Waals surface area (Å²) in [6.45, 7) is 0.512. The normalized spacial score (nSPS) is 19.3. The molecule has 0 saturated heterocycles. The van der Waals surface area contributed by atoms with Crippen molar-refractivity contribution in [3.8, 4) is 0 Å². The summed E-state index contributed by atoms with van der Waals surface area (Å²) in [5, 5.41) is 2.97. The maximum Gasteiger partial charge on any atom is 0.270 e. The molecule has 138 valence electrons. The number of fused-ring (bicyclic) bond motifs is 1. The molecule has 3 aromatic rings. The Hall–Kier alpha value is -2.99. The topological polar surface area (TPSA) is 72.7 Å². The van der Waals surface area contributed by atoms with Gasteiger partial charge in [-0.3, -0.25) is 14.0 Å². The summed E-state index contributed by atoms with van der Waals surface area (Å²) in [7, 11) is 0. The molecule has 0 radical (unpaired) electrons. The van der Waals surface area contributed by atoms with Gasteiger partial charge in [0.2, 0.25) is 0 Å². The third-order valence-electron chi connectivity index (χ3n) is 4.93. The second-order valence-electron chi connectivity index (χ2n) is 6.75. The minimum absolute atomic E-state index is 0.0485. The lowest BCUT2D eigenvalue weighted by Crippen LogP contribution is -2.43. The molecule has 6 heteroatoms. The highest BCUT2D eigenvalue weighted by molar-refractivity contribution is 5.94. The Bertz CT molecular complexity index is 1000. The molecule has 4 rings (SSSR count). The largest absolute Gasteiger partial charge is 0.371 e. The van der Waals surface area contributed by atoms with Crippen LogP contribution in [0.3, 0.4) is 0 Å². The zero-order valence-corrected chi connectivity index (χ0v) is 14.9. The summed E-state index contributed by atoms with van der Waals surface area (Å²) in [5.74, 6) is -0.397. The first-order chi connectivity index (χ1) is 13.2. The van der Waals surface area contributed by atoms with Crippen molar-refractivity contribution in [1.82, 2.24) is 14.7 Å². The Labute approximate surface area is 156 Å². The van der Waals surface area contributed by atoms with E-state index in [-0.39, 0.29) is 23.3 Å². The summed E-state index contributed by atoms with van der Waals surface area (Å²) in [4.78, 5) is 29.4. The van der Waals surface area contributed by atoms with Crippen LogP contribution in [0.2, 0.25) is 0 Å². The number of rotatable bonds is 5. The fourth-order valence-corrected chi connectivity index (χ4v) is 3.50. The molecule has 2 heterocycles. The van der Waals surface area contributed by atoms with E-state index in [0.717, 1.165) is 24.8 Å². The van der Waals surface area contributed by atoms with E-state index in [1.165, 1.54) is 10.6 Å². The second kappa shape index (κ2) is 7.72. The zero-order valence-electron chi connectivity index (χ0n) is 14.9. The molecule has 27 heavy (non-hydrogen) atoms. The highest BCUT2D eigenvalue weighted by atomic mass is 16.5. The predicted octanol–water partition coefficient (Wildman–Crippen LogP) is 2.56. The van der Waals surface area contributed by atoms with Crippen LogP contribution in [0.15, 0.2) is 65.7 Å². The number of hydrogen-bond acceptors (Lipinski definition) is 4. The van der Waals surface area contributed by atoms with Crippen LogP contribution < -0.4 is 10.9 Å². The van der Waals surface area contributed by atoms with Crippen LogP contribution in [-0.2, 0) is 11.3 Å².